The first-order valence-corrected chi connectivity index (χ1v) is 6.07. The summed E-state index contributed by atoms with van der Waals surface area (Å²) in [5, 5.41) is 7.92. The summed E-state index contributed by atoms with van der Waals surface area (Å²) >= 11 is 6.86. The molecule has 5 heteroatoms. The van der Waals surface area contributed by atoms with Gasteiger partial charge >= 0.3 is 0 Å². The van der Waals surface area contributed by atoms with Gasteiger partial charge in [-0.3, -0.25) is 0 Å². The van der Waals surface area contributed by atoms with Crippen LogP contribution in [0, 0.1) is 0 Å². The highest BCUT2D eigenvalue weighted by Crippen LogP contribution is 2.30. The van der Waals surface area contributed by atoms with E-state index in [1.54, 1.807) is 0 Å². The van der Waals surface area contributed by atoms with Crippen LogP contribution in [-0.2, 0) is 6.42 Å². The molecule has 1 heterocycles. The van der Waals surface area contributed by atoms with E-state index in [9.17, 15) is 0 Å². The zero-order valence-electron chi connectivity index (χ0n) is 8.00. The number of aromatic nitrogens is 2. The molecule has 0 atom stereocenters. The van der Waals surface area contributed by atoms with Gasteiger partial charge in [-0.1, -0.05) is 22.9 Å². The van der Waals surface area contributed by atoms with Crippen LogP contribution < -0.4 is 0 Å². The number of halogens is 2. The SMILES string of the molecule is CCc1nnc(-c2cc(Br)ccc2Br)o1. The van der Waals surface area contributed by atoms with Crippen LogP contribution in [0.2, 0.25) is 0 Å². The third kappa shape index (κ3) is 2.29. The minimum atomic E-state index is 0.542. The van der Waals surface area contributed by atoms with Crippen LogP contribution in [0.25, 0.3) is 11.5 Å². The van der Waals surface area contributed by atoms with Crippen LogP contribution in [0.15, 0.2) is 31.6 Å². The Labute approximate surface area is 104 Å². The molecule has 0 unspecified atom stereocenters. The zero-order valence-corrected chi connectivity index (χ0v) is 11.2. The molecule has 78 valence electrons. The molecule has 0 saturated heterocycles. The van der Waals surface area contributed by atoms with Gasteiger partial charge in [-0.15, -0.1) is 10.2 Å². The van der Waals surface area contributed by atoms with Gasteiger partial charge in [0.05, 0.1) is 5.56 Å². The molecular formula is C10H8Br2N2O. The lowest BCUT2D eigenvalue weighted by Crippen LogP contribution is -1.80. The fraction of sp³-hybridized carbons (Fsp3) is 0.200. The van der Waals surface area contributed by atoms with E-state index in [1.165, 1.54) is 0 Å². The highest BCUT2D eigenvalue weighted by atomic mass is 79.9. The molecule has 0 spiro atoms. The third-order valence-electron chi connectivity index (χ3n) is 1.93. The van der Waals surface area contributed by atoms with Crippen molar-refractivity contribution < 1.29 is 4.42 Å². The summed E-state index contributed by atoms with van der Waals surface area (Å²) in [4.78, 5) is 0. The molecule has 0 aliphatic heterocycles. The van der Waals surface area contributed by atoms with Crippen LogP contribution in [0.4, 0.5) is 0 Å². The summed E-state index contributed by atoms with van der Waals surface area (Å²) < 4.78 is 7.41. The summed E-state index contributed by atoms with van der Waals surface area (Å²) in [6.07, 6.45) is 0.749. The first-order valence-electron chi connectivity index (χ1n) is 4.48. The number of nitrogens with zero attached hydrogens (tertiary/aromatic N) is 2. The van der Waals surface area contributed by atoms with Gasteiger partial charge < -0.3 is 4.42 Å². The van der Waals surface area contributed by atoms with Crippen molar-refractivity contribution in [1.82, 2.24) is 10.2 Å². The Balaban J connectivity index is 2.48. The van der Waals surface area contributed by atoms with Crippen molar-refractivity contribution in [3.8, 4) is 11.5 Å². The van der Waals surface area contributed by atoms with E-state index in [2.05, 4.69) is 42.1 Å². The van der Waals surface area contributed by atoms with E-state index in [4.69, 9.17) is 4.42 Å². The maximum atomic E-state index is 5.48. The summed E-state index contributed by atoms with van der Waals surface area (Å²) in [5.41, 5.74) is 0.900. The number of aryl methyl sites for hydroxylation is 1. The topological polar surface area (TPSA) is 38.9 Å². The highest BCUT2D eigenvalue weighted by molar-refractivity contribution is 9.11. The average Bonchev–Trinajstić information content (AvgIpc) is 2.70. The monoisotopic (exact) mass is 330 g/mol. The molecule has 0 bridgehead atoms. The van der Waals surface area contributed by atoms with E-state index in [-0.39, 0.29) is 0 Å². The van der Waals surface area contributed by atoms with Crippen molar-refractivity contribution in [2.24, 2.45) is 0 Å². The first kappa shape index (κ1) is 10.8. The second kappa shape index (κ2) is 4.45. The Bertz CT molecular complexity index is 482. The zero-order chi connectivity index (χ0) is 10.8. The molecule has 0 aliphatic carbocycles. The fourth-order valence-electron chi connectivity index (χ4n) is 1.17. The van der Waals surface area contributed by atoms with E-state index >= 15 is 0 Å². The minimum absolute atomic E-state index is 0.542. The largest absolute Gasteiger partial charge is 0.421 e. The van der Waals surface area contributed by atoms with Crippen molar-refractivity contribution in [3.63, 3.8) is 0 Å². The lowest BCUT2D eigenvalue weighted by Gasteiger charge is -1.99. The Morgan fingerprint density at radius 1 is 1.27 bits per heavy atom. The summed E-state index contributed by atoms with van der Waals surface area (Å²) in [7, 11) is 0. The van der Waals surface area contributed by atoms with Gasteiger partial charge in [-0.05, 0) is 34.1 Å². The van der Waals surface area contributed by atoms with Gasteiger partial charge in [0.2, 0.25) is 11.8 Å². The van der Waals surface area contributed by atoms with Gasteiger partial charge in [0.15, 0.2) is 0 Å². The lowest BCUT2D eigenvalue weighted by atomic mass is 10.2. The third-order valence-corrected chi connectivity index (χ3v) is 3.11. The quantitative estimate of drug-likeness (QED) is 0.839. The van der Waals surface area contributed by atoms with E-state index < -0.39 is 0 Å². The van der Waals surface area contributed by atoms with Crippen LogP contribution >= 0.6 is 31.9 Å². The molecule has 3 nitrogen and oxygen atoms in total. The summed E-state index contributed by atoms with van der Waals surface area (Å²) in [6, 6.07) is 5.83. The summed E-state index contributed by atoms with van der Waals surface area (Å²) in [6.45, 7) is 1.98. The number of hydrogen-bond donors (Lipinski definition) is 0. The van der Waals surface area contributed by atoms with Gasteiger partial charge in [0, 0.05) is 15.4 Å². The predicted molar refractivity (Wildman–Crippen MR) is 64.5 cm³/mol. The smallest absolute Gasteiger partial charge is 0.248 e. The standard InChI is InChI=1S/C10H8Br2N2O/c1-2-9-13-14-10(15-9)7-5-6(11)3-4-8(7)12/h3-5H,2H2,1H3. The van der Waals surface area contributed by atoms with Crippen LogP contribution in [0.3, 0.4) is 0 Å². The maximum Gasteiger partial charge on any atom is 0.248 e. The van der Waals surface area contributed by atoms with Crippen molar-refractivity contribution in [2.45, 2.75) is 13.3 Å². The molecule has 0 saturated carbocycles. The number of rotatable bonds is 2. The number of benzene rings is 1. The molecule has 0 fully saturated rings. The van der Waals surface area contributed by atoms with E-state index in [0.29, 0.717) is 11.8 Å². The van der Waals surface area contributed by atoms with Crippen molar-refractivity contribution in [2.75, 3.05) is 0 Å². The highest BCUT2D eigenvalue weighted by Gasteiger charge is 2.10. The predicted octanol–water partition coefficient (Wildman–Crippen LogP) is 3.82. The van der Waals surface area contributed by atoms with Crippen LogP contribution in [0.5, 0.6) is 0 Å². The molecule has 0 amide bonds. The lowest BCUT2D eigenvalue weighted by molar-refractivity contribution is 0.512. The number of hydrogen-bond acceptors (Lipinski definition) is 3. The van der Waals surface area contributed by atoms with Crippen molar-refractivity contribution in [1.29, 1.82) is 0 Å². The molecule has 1 aromatic heterocycles. The normalized spacial score (nSPS) is 10.6. The van der Waals surface area contributed by atoms with Crippen molar-refractivity contribution >= 4 is 31.9 Å². The summed E-state index contributed by atoms with van der Waals surface area (Å²) in [5.74, 6) is 1.19. The second-order valence-electron chi connectivity index (χ2n) is 2.98. The Morgan fingerprint density at radius 2 is 2.07 bits per heavy atom. The Kier molecular flexibility index (Phi) is 3.21. The Hall–Kier alpha value is -0.680. The molecule has 1 aromatic carbocycles. The average molecular weight is 332 g/mol. The van der Waals surface area contributed by atoms with Gasteiger partial charge in [-0.25, -0.2) is 0 Å². The van der Waals surface area contributed by atoms with Gasteiger partial charge in [0.1, 0.15) is 0 Å². The molecule has 2 rings (SSSR count). The van der Waals surface area contributed by atoms with Crippen LogP contribution in [-0.4, -0.2) is 10.2 Å². The fourth-order valence-corrected chi connectivity index (χ4v) is 1.94. The second-order valence-corrected chi connectivity index (χ2v) is 4.75. The van der Waals surface area contributed by atoms with Crippen molar-refractivity contribution in [3.05, 3.63) is 33.0 Å². The van der Waals surface area contributed by atoms with Gasteiger partial charge in [0.25, 0.3) is 0 Å². The van der Waals surface area contributed by atoms with E-state index in [0.717, 1.165) is 20.9 Å². The molecule has 0 aliphatic rings. The van der Waals surface area contributed by atoms with Gasteiger partial charge in [-0.2, -0.15) is 0 Å². The molecule has 0 radical (unpaired) electrons. The molecule has 15 heavy (non-hydrogen) atoms. The maximum absolute atomic E-state index is 5.48. The Morgan fingerprint density at radius 3 is 2.73 bits per heavy atom. The minimum Gasteiger partial charge on any atom is -0.421 e. The van der Waals surface area contributed by atoms with E-state index in [1.807, 2.05) is 25.1 Å². The van der Waals surface area contributed by atoms with Crippen LogP contribution in [0.1, 0.15) is 12.8 Å². The molecular weight excluding hydrogens is 324 g/mol. The molecule has 0 N–H and O–H groups in total. The first-order chi connectivity index (χ1) is 7.20. The molecule has 2 aromatic rings.